The fraction of sp³-hybridized carbons (Fsp3) is 0.278. The van der Waals surface area contributed by atoms with Gasteiger partial charge in [-0.25, -0.2) is 8.42 Å². The molecule has 1 atom stereocenters. The summed E-state index contributed by atoms with van der Waals surface area (Å²) < 4.78 is 40.2. The number of carbonyl (C=O) groups is 2. The third-order valence-corrected chi connectivity index (χ3v) is 9.56. The molecule has 0 radical (unpaired) electrons. The van der Waals surface area contributed by atoms with Gasteiger partial charge in [0.25, 0.3) is 15.7 Å². The van der Waals surface area contributed by atoms with E-state index in [0.29, 0.717) is 17.1 Å². The summed E-state index contributed by atoms with van der Waals surface area (Å²) in [5.74, 6) is -0.0994. The highest BCUT2D eigenvalue weighted by Crippen LogP contribution is 2.30. The Labute approximate surface area is 286 Å². The van der Waals surface area contributed by atoms with Crippen molar-refractivity contribution in [3.63, 3.8) is 0 Å². The first-order valence-corrected chi connectivity index (χ1v) is 17.0. The maximum absolute atomic E-state index is 14.6. The van der Waals surface area contributed by atoms with Crippen molar-refractivity contribution in [3.8, 4) is 11.5 Å². The molecule has 0 aromatic heterocycles. The van der Waals surface area contributed by atoms with E-state index in [1.165, 1.54) is 50.3 Å². The molecule has 2 amide bonds. The zero-order valence-corrected chi connectivity index (χ0v) is 28.8. The van der Waals surface area contributed by atoms with Gasteiger partial charge in [0.05, 0.1) is 29.7 Å². The molecule has 0 saturated carbocycles. The Kier molecular flexibility index (Phi) is 12.0. The SMILES string of the molecule is COc1ccc(N(CC(=O)N(Cc2cccc(OC)c2)C(Cc2ccccc2)C(=O)NC(C)C)S(=O)(=O)c2ccc(C)c([N+](=O)[O-])c2)cc1. The molecule has 49 heavy (non-hydrogen) atoms. The summed E-state index contributed by atoms with van der Waals surface area (Å²) in [6.07, 6.45) is 0.147. The number of ether oxygens (including phenoxy) is 2. The van der Waals surface area contributed by atoms with Crippen molar-refractivity contribution in [1.29, 1.82) is 0 Å². The molecule has 1 unspecified atom stereocenters. The molecule has 4 aromatic carbocycles. The van der Waals surface area contributed by atoms with E-state index in [4.69, 9.17) is 9.47 Å². The van der Waals surface area contributed by atoms with Crippen LogP contribution in [0.1, 0.15) is 30.5 Å². The van der Waals surface area contributed by atoms with E-state index in [1.807, 2.05) is 44.2 Å². The van der Waals surface area contributed by atoms with Crippen LogP contribution >= 0.6 is 0 Å². The van der Waals surface area contributed by atoms with Crippen LogP contribution in [0.3, 0.4) is 0 Å². The van der Waals surface area contributed by atoms with Gasteiger partial charge in [0.2, 0.25) is 11.8 Å². The molecule has 4 rings (SSSR count). The number of benzene rings is 4. The Hall–Kier alpha value is -5.43. The highest BCUT2D eigenvalue weighted by atomic mass is 32.2. The minimum absolute atomic E-state index is 0.0500. The van der Waals surface area contributed by atoms with Gasteiger partial charge in [0, 0.05) is 30.6 Å². The van der Waals surface area contributed by atoms with E-state index >= 15 is 0 Å². The lowest BCUT2D eigenvalue weighted by Gasteiger charge is -2.34. The summed E-state index contributed by atoms with van der Waals surface area (Å²) in [6, 6.07) is 24.6. The molecule has 0 heterocycles. The van der Waals surface area contributed by atoms with Gasteiger partial charge >= 0.3 is 0 Å². The second kappa shape index (κ2) is 16.1. The van der Waals surface area contributed by atoms with Crippen LogP contribution in [-0.4, -0.2) is 62.9 Å². The van der Waals surface area contributed by atoms with Crippen LogP contribution in [0.25, 0.3) is 0 Å². The molecule has 0 aliphatic carbocycles. The highest BCUT2D eigenvalue weighted by molar-refractivity contribution is 7.92. The van der Waals surface area contributed by atoms with E-state index in [1.54, 1.807) is 36.4 Å². The van der Waals surface area contributed by atoms with Crippen molar-refractivity contribution in [2.24, 2.45) is 0 Å². The van der Waals surface area contributed by atoms with Crippen LogP contribution in [0.15, 0.2) is 102 Å². The fourth-order valence-electron chi connectivity index (χ4n) is 5.25. The highest BCUT2D eigenvalue weighted by Gasteiger charge is 2.35. The number of anilines is 1. The van der Waals surface area contributed by atoms with E-state index in [2.05, 4.69) is 5.32 Å². The lowest BCUT2D eigenvalue weighted by atomic mass is 10.0. The second-order valence-electron chi connectivity index (χ2n) is 11.7. The molecule has 12 nitrogen and oxygen atoms in total. The number of carbonyl (C=O) groups excluding carboxylic acids is 2. The predicted octanol–water partition coefficient (Wildman–Crippen LogP) is 5.28. The molecule has 0 aliphatic rings. The molecule has 258 valence electrons. The summed E-state index contributed by atoms with van der Waals surface area (Å²) in [7, 11) is -1.58. The van der Waals surface area contributed by atoms with E-state index in [9.17, 15) is 28.1 Å². The van der Waals surface area contributed by atoms with Crippen molar-refractivity contribution < 1.29 is 32.4 Å². The lowest BCUT2D eigenvalue weighted by Crippen LogP contribution is -2.54. The van der Waals surface area contributed by atoms with Gasteiger partial charge in [-0.05, 0) is 74.4 Å². The molecule has 0 saturated heterocycles. The second-order valence-corrected chi connectivity index (χ2v) is 13.5. The molecule has 0 bridgehead atoms. The normalized spacial score (nSPS) is 11.8. The lowest BCUT2D eigenvalue weighted by molar-refractivity contribution is -0.385. The molecule has 4 aromatic rings. The Morgan fingerprint density at radius 2 is 1.51 bits per heavy atom. The first-order valence-electron chi connectivity index (χ1n) is 15.5. The number of aryl methyl sites for hydroxylation is 1. The molecule has 0 aliphatic heterocycles. The first-order chi connectivity index (χ1) is 23.3. The molecule has 13 heteroatoms. The molecular formula is C36H40N4O8S. The summed E-state index contributed by atoms with van der Waals surface area (Å²) in [5, 5.41) is 14.7. The average molecular weight is 689 g/mol. The number of nitrogens with one attached hydrogen (secondary N) is 1. The third kappa shape index (κ3) is 9.14. The maximum atomic E-state index is 14.6. The largest absolute Gasteiger partial charge is 0.497 e. The Balaban J connectivity index is 1.85. The van der Waals surface area contributed by atoms with Gasteiger partial charge < -0.3 is 19.7 Å². The first kappa shape index (κ1) is 36.4. The Morgan fingerprint density at radius 3 is 2.12 bits per heavy atom. The topological polar surface area (TPSA) is 148 Å². The molecule has 1 N–H and O–H groups in total. The zero-order valence-electron chi connectivity index (χ0n) is 28.0. The van der Waals surface area contributed by atoms with E-state index < -0.39 is 39.3 Å². The summed E-state index contributed by atoms with van der Waals surface area (Å²) in [6.45, 7) is 4.35. The van der Waals surface area contributed by atoms with Crippen LogP contribution in [0, 0.1) is 17.0 Å². The number of nitro groups is 1. The minimum atomic E-state index is -4.56. The van der Waals surface area contributed by atoms with Crippen molar-refractivity contribution >= 4 is 33.2 Å². The number of amides is 2. The van der Waals surface area contributed by atoms with E-state index in [-0.39, 0.29) is 40.8 Å². The zero-order chi connectivity index (χ0) is 35.7. The number of nitro benzene ring substituents is 1. The van der Waals surface area contributed by atoms with Crippen molar-refractivity contribution in [2.45, 2.75) is 50.7 Å². The van der Waals surface area contributed by atoms with Gasteiger partial charge in [-0.15, -0.1) is 0 Å². The number of hydrogen-bond donors (Lipinski definition) is 1. The van der Waals surface area contributed by atoms with Crippen LogP contribution in [0.5, 0.6) is 11.5 Å². The average Bonchev–Trinajstić information content (AvgIpc) is 3.08. The number of rotatable bonds is 15. The van der Waals surface area contributed by atoms with Gasteiger partial charge in [0.1, 0.15) is 24.1 Å². The van der Waals surface area contributed by atoms with Crippen LogP contribution in [-0.2, 0) is 32.6 Å². The van der Waals surface area contributed by atoms with Gasteiger partial charge in [-0.1, -0.05) is 48.5 Å². The fourth-order valence-corrected chi connectivity index (χ4v) is 6.69. The third-order valence-electron chi connectivity index (χ3n) is 7.79. The predicted molar refractivity (Wildman–Crippen MR) is 186 cm³/mol. The standard InChI is InChI=1S/C36H40N4O8S/c1-25(2)37-36(42)34(21-27-10-7-6-8-11-27)38(23-28-12-9-13-31(20-28)48-5)35(41)24-39(29-15-17-30(47-4)18-16-29)49(45,46)32-19-14-26(3)33(22-32)40(43)44/h6-20,22,25,34H,21,23-24H2,1-5H3,(H,37,42). The van der Waals surface area contributed by atoms with Crippen LogP contribution < -0.4 is 19.1 Å². The molecule has 0 fully saturated rings. The molecular weight excluding hydrogens is 648 g/mol. The van der Waals surface area contributed by atoms with Gasteiger partial charge in [-0.3, -0.25) is 24.0 Å². The summed E-state index contributed by atoms with van der Waals surface area (Å²) in [4.78, 5) is 40.5. The van der Waals surface area contributed by atoms with Crippen molar-refractivity contribution in [1.82, 2.24) is 10.2 Å². The summed E-state index contributed by atoms with van der Waals surface area (Å²) in [5.41, 5.74) is 1.46. The van der Waals surface area contributed by atoms with Crippen molar-refractivity contribution in [3.05, 3.63) is 124 Å². The number of methoxy groups -OCH3 is 2. The minimum Gasteiger partial charge on any atom is -0.497 e. The molecule has 0 spiro atoms. The van der Waals surface area contributed by atoms with Crippen LogP contribution in [0.4, 0.5) is 11.4 Å². The van der Waals surface area contributed by atoms with Gasteiger partial charge in [0.15, 0.2) is 0 Å². The number of hydrogen-bond acceptors (Lipinski definition) is 8. The Morgan fingerprint density at radius 1 is 0.857 bits per heavy atom. The quantitative estimate of drug-likeness (QED) is 0.131. The monoisotopic (exact) mass is 688 g/mol. The number of sulfonamides is 1. The number of nitrogens with zero attached hydrogens (tertiary/aromatic N) is 3. The van der Waals surface area contributed by atoms with Gasteiger partial charge in [-0.2, -0.15) is 0 Å². The summed E-state index contributed by atoms with van der Waals surface area (Å²) >= 11 is 0. The smallest absolute Gasteiger partial charge is 0.273 e. The van der Waals surface area contributed by atoms with Crippen LogP contribution in [0.2, 0.25) is 0 Å². The maximum Gasteiger partial charge on any atom is 0.273 e. The van der Waals surface area contributed by atoms with Crippen molar-refractivity contribution in [2.75, 3.05) is 25.1 Å². The Bertz CT molecular complexity index is 1880. The van der Waals surface area contributed by atoms with E-state index in [0.717, 1.165) is 15.9 Å².